The summed E-state index contributed by atoms with van der Waals surface area (Å²) in [4.78, 5) is 25.2. The van der Waals surface area contributed by atoms with Crippen LogP contribution in [0.1, 0.15) is 33.6 Å². The van der Waals surface area contributed by atoms with Crippen LogP contribution < -0.4 is 10.6 Å². The first-order chi connectivity index (χ1) is 9.31. The van der Waals surface area contributed by atoms with E-state index in [1.807, 2.05) is 25.7 Å². The van der Waals surface area contributed by atoms with Gasteiger partial charge in [-0.15, -0.1) is 0 Å². The number of hydrogen-bond acceptors (Lipinski definition) is 3. The third-order valence-corrected chi connectivity index (χ3v) is 3.25. The lowest BCUT2D eigenvalue weighted by Gasteiger charge is -2.34. The highest BCUT2D eigenvalue weighted by Crippen LogP contribution is 2.17. The van der Waals surface area contributed by atoms with E-state index in [9.17, 15) is 9.59 Å². The van der Waals surface area contributed by atoms with Crippen LogP contribution in [0.4, 0.5) is 4.79 Å². The molecule has 0 radical (unpaired) electrons. The third-order valence-electron chi connectivity index (χ3n) is 3.25. The molecule has 2 N–H and O–H groups in total. The van der Waals surface area contributed by atoms with Gasteiger partial charge >= 0.3 is 6.03 Å². The molecule has 1 aliphatic rings. The summed E-state index contributed by atoms with van der Waals surface area (Å²) in [6, 6.07) is -0.000585. The Kier molecular flexibility index (Phi) is 6.26. The molecule has 0 aromatic carbocycles. The van der Waals surface area contributed by atoms with Crippen molar-refractivity contribution in [2.75, 3.05) is 33.4 Å². The summed E-state index contributed by atoms with van der Waals surface area (Å²) in [7, 11) is 1.51. The van der Waals surface area contributed by atoms with Gasteiger partial charge in [0, 0.05) is 32.3 Å². The summed E-state index contributed by atoms with van der Waals surface area (Å²) in [6.07, 6.45) is 1.84. The zero-order valence-electron chi connectivity index (χ0n) is 13.0. The molecule has 1 fully saturated rings. The molecule has 6 heteroatoms. The summed E-state index contributed by atoms with van der Waals surface area (Å²) < 4.78 is 4.77. The van der Waals surface area contributed by atoms with Crippen molar-refractivity contribution in [2.45, 2.75) is 39.2 Å². The van der Waals surface area contributed by atoms with Gasteiger partial charge in [-0.05, 0) is 39.5 Å². The zero-order valence-corrected chi connectivity index (χ0v) is 13.0. The van der Waals surface area contributed by atoms with Crippen molar-refractivity contribution in [3.8, 4) is 0 Å². The summed E-state index contributed by atoms with van der Waals surface area (Å²) in [5.41, 5.74) is -0.206. The summed E-state index contributed by atoms with van der Waals surface area (Å²) in [5, 5.41) is 5.82. The smallest absolute Gasteiger partial charge is 0.317 e. The fraction of sp³-hybridized carbons (Fsp3) is 0.857. The van der Waals surface area contributed by atoms with Gasteiger partial charge in [-0.25, -0.2) is 4.79 Å². The second-order valence-electron chi connectivity index (χ2n) is 6.35. The molecular weight excluding hydrogens is 258 g/mol. The van der Waals surface area contributed by atoms with E-state index >= 15 is 0 Å². The van der Waals surface area contributed by atoms with Crippen molar-refractivity contribution in [1.82, 2.24) is 15.5 Å². The first-order valence-electron chi connectivity index (χ1n) is 7.14. The summed E-state index contributed by atoms with van der Waals surface area (Å²) in [5.74, 6) is 0.356. The number of carbonyl (C=O) groups is 2. The standard InChI is InChI=1S/C14H27N3O3/c1-14(2,3)16-13(19)17-7-5-11(6-8-17)9-15-12(18)10-20-4/h11H,5-10H2,1-4H3,(H,15,18)(H,16,19). The van der Waals surface area contributed by atoms with E-state index in [0.29, 0.717) is 12.5 Å². The maximum atomic E-state index is 12.0. The molecule has 1 saturated heterocycles. The predicted octanol–water partition coefficient (Wildman–Crippen LogP) is 0.969. The minimum absolute atomic E-state index is 0.000585. The number of ether oxygens (including phenoxy) is 1. The zero-order chi connectivity index (χ0) is 15.2. The molecule has 1 aliphatic heterocycles. The number of carbonyl (C=O) groups excluding carboxylic acids is 2. The summed E-state index contributed by atoms with van der Waals surface area (Å²) in [6.45, 7) is 8.18. The van der Waals surface area contributed by atoms with E-state index in [4.69, 9.17) is 4.74 Å². The molecule has 0 unspecified atom stereocenters. The quantitative estimate of drug-likeness (QED) is 0.808. The SMILES string of the molecule is COCC(=O)NCC1CCN(C(=O)NC(C)(C)C)CC1. The van der Waals surface area contributed by atoms with Gasteiger partial charge in [0.25, 0.3) is 0 Å². The Morgan fingerprint density at radius 2 is 1.85 bits per heavy atom. The van der Waals surface area contributed by atoms with Crippen LogP contribution in [0, 0.1) is 5.92 Å². The number of amides is 3. The van der Waals surface area contributed by atoms with Gasteiger partial charge in [-0.2, -0.15) is 0 Å². The molecule has 0 spiro atoms. The number of nitrogens with one attached hydrogen (secondary N) is 2. The molecule has 1 rings (SSSR count). The second-order valence-corrected chi connectivity index (χ2v) is 6.35. The monoisotopic (exact) mass is 285 g/mol. The van der Waals surface area contributed by atoms with Gasteiger partial charge in [0.15, 0.2) is 0 Å². The van der Waals surface area contributed by atoms with Crippen molar-refractivity contribution in [3.63, 3.8) is 0 Å². The molecule has 0 atom stereocenters. The normalized spacial score (nSPS) is 16.9. The fourth-order valence-corrected chi connectivity index (χ4v) is 2.18. The lowest BCUT2D eigenvalue weighted by Crippen LogP contribution is -2.51. The lowest BCUT2D eigenvalue weighted by atomic mass is 9.97. The van der Waals surface area contributed by atoms with Gasteiger partial charge in [-0.3, -0.25) is 4.79 Å². The van der Waals surface area contributed by atoms with Gasteiger partial charge in [0.05, 0.1) is 0 Å². The molecule has 116 valence electrons. The molecule has 0 bridgehead atoms. The van der Waals surface area contributed by atoms with E-state index < -0.39 is 0 Å². The second kappa shape index (κ2) is 7.47. The van der Waals surface area contributed by atoms with Gasteiger partial charge in [0.2, 0.25) is 5.91 Å². The molecule has 0 aromatic heterocycles. The molecule has 0 aliphatic carbocycles. The molecule has 1 heterocycles. The van der Waals surface area contributed by atoms with Crippen LogP contribution in [0.2, 0.25) is 0 Å². The molecule has 0 saturated carbocycles. The highest BCUT2D eigenvalue weighted by atomic mass is 16.5. The van der Waals surface area contributed by atoms with Crippen molar-refractivity contribution < 1.29 is 14.3 Å². The number of rotatable bonds is 4. The van der Waals surface area contributed by atoms with Crippen LogP contribution >= 0.6 is 0 Å². The minimum Gasteiger partial charge on any atom is -0.375 e. The largest absolute Gasteiger partial charge is 0.375 e. The van der Waals surface area contributed by atoms with Crippen molar-refractivity contribution in [1.29, 1.82) is 0 Å². The average molecular weight is 285 g/mol. The molecular formula is C14H27N3O3. The predicted molar refractivity (Wildman–Crippen MR) is 77.5 cm³/mol. The average Bonchev–Trinajstić information content (AvgIpc) is 2.35. The number of hydrogen-bond donors (Lipinski definition) is 2. The Labute approximate surface area is 121 Å². The van der Waals surface area contributed by atoms with Crippen LogP contribution in [0.15, 0.2) is 0 Å². The lowest BCUT2D eigenvalue weighted by molar-refractivity contribution is -0.125. The fourth-order valence-electron chi connectivity index (χ4n) is 2.18. The Morgan fingerprint density at radius 1 is 1.25 bits per heavy atom. The first kappa shape index (κ1) is 16.8. The number of methoxy groups -OCH3 is 1. The van der Waals surface area contributed by atoms with Gasteiger partial charge in [0.1, 0.15) is 6.61 Å². The van der Waals surface area contributed by atoms with Crippen LogP contribution in [-0.2, 0) is 9.53 Å². The molecule has 6 nitrogen and oxygen atoms in total. The number of likely N-dealkylation sites (tertiary alicyclic amines) is 1. The maximum Gasteiger partial charge on any atom is 0.317 e. The van der Waals surface area contributed by atoms with Gasteiger partial charge < -0.3 is 20.3 Å². The van der Waals surface area contributed by atoms with E-state index in [1.54, 1.807) is 0 Å². The van der Waals surface area contributed by atoms with Crippen LogP contribution in [0.3, 0.4) is 0 Å². The Morgan fingerprint density at radius 3 is 2.35 bits per heavy atom. The Bertz CT molecular complexity index is 331. The van der Waals surface area contributed by atoms with Crippen LogP contribution in [-0.4, -0.2) is 55.7 Å². The van der Waals surface area contributed by atoms with Crippen molar-refractivity contribution in [2.24, 2.45) is 5.92 Å². The maximum absolute atomic E-state index is 12.0. The summed E-state index contributed by atoms with van der Waals surface area (Å²) >= 11 is 0. The van der Waals surface area contributed by atoms with Crippen LogP contribution in [0.5, 0.6) is 0 Å². The highest BCUT2D eigenvalue weighted by molar-refractivity contribution is 5.77. The first-order valence-corrected chi connectivity index (χ1v) is 7.14. The van der Waals surface area contributed by atoms with E-state index in [1.165, 1.54) is 7.11 Å². The number of urea groups is 1. The topological polar surface area (TPSA) is 70.7 Å². The third kappa shape index (κ3) is 6.23. The molecule has 0 aromatic rings. The molecule has 20 heavy (non-hydrogen) atoms. The number of piperidine rings is 1. The Hall–Kier alpha value is -1.30. The highest BCUT2D eigenvalue weighted by Gasteiger charge is 2.25. The molecule has 3 amide bonds. The number of nitrogens with zero attached hydrogens (tertiary/aromatic N) is 1. The van der Waals surface area contributed by atoms with Crippen molar-refractivity contribution in [3.05, 3.63) is 0 Å². The van der Waals surface area contributed by atoms with E-state index in [2.05, 4.69) is 10.6 Å². The van der Waals surface area contributed by atoms with Gasteiger partial charge in [-0.1, -0.05) is 0 Å². The Balaban J connectivity index is 2.26. The van der Waals surface area contributed by atoms with E-state index in [0.717, 1.165) is 25.9 Å². The van der Waals surface area contributed by atoms with E-state index in [-0.39, 0.29) is 24.1 Å². The van der Waals surface area contributed by atoms with Crippen molar-refractivity contribution >= 4 is 11.9 Å². The van der Waals surface area contributed by atoms with Crippen LogP contribution in [0.25, 0.3) is 0 Å². The minimum atomic E-state index is -0.206.